The Balaban J connectivity index is 1.34. The number of aromatic nitrogens is 1. The van der Waals surface area contributed by atoms with Gasteiger partial charge in [-0.25, -0.2) is 0 Å². The van der Waals surface area contributed by atoms with E-state index in [1.54, 1.807) is 6.07 Å². The summed E-state index contributed by atoms with van der Waals surface area (Å²) in [5, 5.41) is 13.5. The topological polar surface area (TPSA) is 80.7 Å². The van der Waals surface area contributed by atoms with Crippen molar-refractivity contribution in [3.63, 3.8) is 0 Å². The number of hydrogen-bond acceptors (Lipinski definition) is 5. The van der Waals surface area contributed by atoms with Crippen molar-refractivity contribution in [2.45, 2.75) is 62.9 Å². The number of halogens is 3. The highest BCUT2D eigenvalue weighted by Gasteiger charge is 2.41. The van der Waals surface area contributed by atoms with Crippen molar-refractivity contribution in [2.24, 2.45) is 0 Å². The molecule has 4 rings (SSSR count). The Morgan fingerprint density at radius 2 is 2.00 bits per heavy atom. The predicted molar refractivity (Wildman–Crippen MR) is 107 cm³/mol. The van der Waals surface area contributed by atoms with Gasteiger partial charge in [0.1, 0.15) is 5.75 Å². The molecule has 0 atom stereocenters. The molecule has 0 aliphatic heterocycles. The summed E-state index contributed by atoms with van der Waals surface area (Å²) >= 11 is 5.99. The predicted octanol–water partition coefficient (Wildman–Crippen LogP) is 4.07. The molecule has 1 aromatic heterocycles. The number of rotatable bonds is 7. The van der Waals surface area contributed by atoms with E-state index in [0.29, 0.717) is 23.1 Å². The summed E-state index contributed by atoms with van der Waals surface area (Å²) < 4.78 is 35.1. The third-order valence-electron chi connectivity index (χ3n) is 5.64. The van der Waals surface area contributed by atoms with E-state index in [1.807, 2.05) is 0 Å². The van der Waals surface area contributed by atoms with Crippen LogP contribution in [0.2, 0.25) is 5.02 Å². The number of amides is 1. The van der Waals surface area contributed by atoms with E-state index in [1.165, 1.54) is 18.3 Å². The summed E-state index contributed by atoms with van der Waals surface area (Å²) in [6, 6.07) is 4.45. The molecule has 30 heavy (non-hydrogen) atoms. The molecule has 162 valence electrons. The fourth-order valence-corrected chi connectivity index (χ4v) is 3.86. The number of carbonyl (C=O) groups excluding carboxylic acids is 1. The maximum atomic E-state index is 12.6. The number of hydrogen-bond donors (Lipinski definition) is 2. The van der Waals surface area contributed by atoms with Crippen LogP contribution in [-0.4, -0.2) is 47.0 Å². The van der Waals surface area contributed by atoms with Gasteiger partial charge in [0.15, 0.2) is 0 Å². The molecule has 2 saturated carbocycles. The fraction of sp³-hybridized carbons (Fsp3) is 0.524. The SMILES string of the molecule is O=C(NC1CCC(OCC2(O)CC2)CC1)c1cnc2cc(OC(F)F)c(Cl)cc2c1. The lowest BCUT2D eigenvalue weighted by atomic mass is 9.92. The highest BCUT2D eigenvalue weighted by molar-refractivity contribution is 6.32. The molecule has 1 heterocycles. The molecule has 1 amide bonds. The van der Waals surface area contributed by atoms with Gasteiger partial charge in [0.25, 0.3) is 5.91 Å². The minimum absolute atomic E-state index is 0.0244. The van der Waals surface area contributed by atoms with Crippen molar-refractivity contribution in [2.75, 3.05) is 6.61 Å². The minimum Gasteiger partial charge on any atom is -0.433 e. The summed E-state index contributed by atoms with van der Waals surface area (Å²) in [5.41, 5.74) is 0.167. The molecule has 0 unspecified atom stereocenters. The lowest BCUT2D eigenvalue weighted by Crippen LogP contribution is -2.39. The first-order chi connectivity index (χ1) is 14.3. The summed E-state index contributed by atoms with van der Waals surface area (Å²) in [7, 11) is 0. The van der Waals surface area contributed by atoms with Crippen molar-refractivity contribution in [3.8, 4) is 5.75 Å². The zero-order valence-corrected chi connectivity index (χ0v) is 17.0. The molecular weight excluding hydrogens is 418 g/mol. The van der Waals surface area contributed by atoms with Crippen LogP contribution < -0.4 is 10.1 Å². The number of ether oxygens (including phenoxy) is 2. The first-order valence-electron chi connectivity index (χ1n) is 10.0. The standard InChI is InChI=1S/C21H23ClF2N2O4/c22-16-8-12-7-13(10-25-17(12)9-18(16)30-20(23)24)19(27)26-14-1-3-15(4-2-14)29-11-21(28)5-6-21/h7-10,14-15,20,28H,1-6,11H2,(H,26,27). The Kier molecular flexibility index (Phi) is 6.09. The molecule has 1 aromatic carbocycles. The number of aliphatic hydroxyl groups is 1. The first kappa shape index (κ1) is 21.2. The number of benzene rings is 1. The number of nitrogens with one attached hydrogen (secondary N) is 1. The van der Waals surface area contributed by atoms with Gasteiger partial charge in [-0.2, -0.15) is 8.78 Å². The van der Waals surface area contributed by atoms with E-state index in [9.17, 15) is 18.7 Å². The van der Waals surface area contributed by atoms with Crippen LogP contribution in [0, 0.1) is 0 Å². The van der Waals surface area contributed by atoms with Gasteiger partial charge in [-0.15, -0.1) is 0 Å². The van der Waals surface area contributed by atoms with Crippen LogP contribution in [-0.2, 0) is 4.74 Å². The van der Waals surface area contributed by atoms with Crippen LogP contribution in [0.3, 0.4) is 0 Å². The summed E-state index contributed by atoms with van der Waals surface area (Å²) in [6.07, 6.45) is 6.42. The third-order valence-corrected chi connectivity index (χ3v) is 5.93. The van der Waals surface area contributed by atoms with Crippen molar-refractivity contribution >= 4 is 28.4 Å². The van der Waals surface area contributed by atoms with Gasteiger partial charge in [-0.1, -0.05) is 11.6 Å². The van der Waals surface area contributed by atoms with E-state index >= 15 is 0 Å². The van der Waals surface area contributed by atoms with Gasteiger partial charge in [-0.05, 0) is 50.7 Å². The second-order valence-electron chi connectivity index (χ2n) is 8.06. The van der Waals surface area contributed by atoms with Gasteiger partial charge in [-0.3, -0.25) is 9.78 Å². The molecule has 2 aliphatic carbocycles. The lowest BCUT2D eigenvalue weighted by molar-refractivity contribution is -0.0497. The van der Waals surface area contributed by atoms with Crippen molar-refractivity contribution in [1.29, 1.82) is 0 Å². The van der Waals surface area contributed by atoms with Crippen LogP contribution in [0.25, 0.3) is 10.9 Å². The molecule has 6 nitrogen and oxygen atoms in total. The Morgan fingerprint density at radius 1 is 1.27 bits per heavy atom. The molecule has 2 aromatic rings. The highest BCUT2D eigenvalue weighted by Crippen LogP contribution is 2.36. The second kappa shape index (κ2) is 8.61. The monoisotopic (exact) mass is 440 g/mol. The zero-order chi connectivity index (χ0) is 21.3. The zero-order valence-electron chi connectivity index (χ0n) is 16.2. The summed E-state index contributed by atoms with van der Waals surface area (Å²) in [5.74, 6) is -0.401. The number of fused-ring (bicyclic) bond motifs is 1. The average Bonchev–Trinajstić information content (AvgIpc) is 3.45. The van der Waals surface area contributed by atoms with Crippen LogP contribution in [0.1, 0.15) is 48.9 Å². The van der Waals surface area contributed by atoms with E-state index < -0.39 is 12.2 Å². The molecular formula is C21H23ClF2N2O4. The third kappa shape index (κ3) is 5.17. The fourth-order valence-electron chi connectivity index (χ4n) is 3.64. The van der Waals surface area contributed by atoms with E-state index in [2.05, 4.69) is 15.0 Å². The molecule has 9 heteroatoms. The quantitative estimate of drug-likeness (QED) is 0.678. The average molecular weight is 441 g/mol. The van der Waals surface area contributed by atoms with E-state index in [4.69, 9.17) is 16.3 Å². The van der Waals surface area contributed by atoms with Crippen molar-refractivity contribution in [3.05, 3.63) is 35.0 Å². The van der Waals surface area contributed by atoms with E-state index in [-0.39, 0.29) is 28.8 Å². The van der Waals surface area contributed by atoms with Crippen LogP contribution in [0.5, 0.6) is 5.75 Å². The van der Waals surface area contributed by atoms with Crippen molar-refractivity contribution in [1.82, 2.24) is 10.3 Å². The minimum atomic E-state index is -2.98. The van der Waals surface area contributed by atoms with Crippen molar-refractivity contribution < 1.29 is 28.2 Å². The number of pyridine rings is 1. The summed E-state index contributed by atoms with van der Waals surface area (Å²) in [6.45, 7) is -2.59. The Morgan fingerprint density at radius 3 is 2.67 bits per heavy atom. The molecule has 0 radical (unpaired) electrons. The maximum Gasteiger partial charge on any atom is 0.387 e. The lowest BCUT2D eigenvalue weighted by Gasteiger charge is -2.29. The normalized spacial score (nSPS) is 22.8. The van der Waals surface area contributed by atoms with Gasteiger partial charge in [0.05, 0.1) is 34.4 Å². The maximum absolute atomic E-state index is 12.6. The van der Waals surface area contributed by atoms with Gasteiger partial charge in [0, 0.05) is 23.7 Å². The summed E-state index contributed by atoms with van der Waals surface area (Å²) in [4.78, 5) is 16.8. The van der Waals surface area contributed by atoms with Gasteiger partial charge < -0.3 is 19.9 Å². The Hall–Kier alpha value is -2.03. The largest absolute Gasteiger partial charge is 0.433 e. The molecule has 0 spiro atoms. The Labute approximate surface area is 177 Å². The first-order valence-corrected chi connectivity index (χ1v) is 10.4. The van der Waals surface area contributed by atoms with Crippen LogP contribution >= 0.6 is 11.6 Å². The van der Waals surface area contributed by atoms with Gasteiger partial charge in [0.2, 0.25) is 0 Å². The smallest absolute Gasteiger partial charge is 0.387 e. The molecule has 2 fully saturated rings. The second-order valence-corrected chi connectivity index (χ2v) is 8.47. The Bertz CT molecular complexity index is 931. The molecule has 0 saturated heterocycles. The van der Waals surface area contributed by atoms with Crippen LogP contribution in [0.4, 0.5) is 8.78 Å². The van der Waals surface area contributed by atoms with Gasteiger partial charge >= 0.3 is 6.61 Å². The highest BCUT2D eigenvalue weighted by atomic mass is 35.5. The number of carbonyl (C=O) groups is 1. The molecule has 0 bridgehead atoms. The van der Waals surface area contributed by atoms with E-state index in [0.717, 1.165) is 38.5 Å². The number of nitrogens with zero attached hydrogens (tertiary/aromatic N) is 1. The molecule has 2 N–H and O–H groups in total. The molecule has 2 aliphatic rings. The van der Waals surface area contributed by atoms with Crippen LogP contribution in [0.15, 0.2) is 24.4 Å². The number of alkyl halides is 2.